The predicted molar refractivity (Wildman–Crippen MR) is 90.6 cm³/mol. The van der Waals surface area contributed by atoms with Crippen LogP contribution in [0.5, 0.6) is 0 Å². The fourth-order valence-electron chi connectivity index (χ4n) is 3.46. The second kappa shape index (κ2) is 7.39. The molecule has 1 aromatic rings. The molecule has 1 fully saturated rings. The van der Waals surface area contributed by atoms with E-state index in [9.17, 15) is 0 Å². The van der Waals surface area contributed by atoms with Crippen molar-refractivity contribution in [3.63, 3.8) is 0 Å². The molecule has 0 aliphatic carbocycles. The molecule has 0 radical (unpaired) electrons. The fourth-order valence-corrected chi connectivity index (χ4v) is 3.46. The van der Waals surface area contributed by atoms with Crippen LogP contribution in [0.1, 0.15) is 43.0 Å². The van der Waals surface area contributed by atoms with Crippen molar-refractivity contribution in [2.75, 3.05) is 32.7 Å². The van der Waals surface area contributed by atoms with E-state index in [-0.39, 0.29) is 6.04 Å². The second-order valence-electron chi connectivity index (χ2n) is 6.59. The highest BCUT2D eigenvalue weighted by Gasteiger charge is 2.22. The molecule has 0 saturated carbocycles. The van der Waals surface area contributed by atoms with E-state index in [1.54, 1.807) is 0 Å². The van der Waals surface area contributed by atoms with E-state index >= 15 is 0 Å². The van der Waals surface area contributed by atoms with Gasteiger partial charge in [0.25, 0.3) is 0 Å². The van der Waals surface area contributed by atoms with Gasteiger partial charge in [-0.25, -0.2) is 0 Å². The van der Waals surface area contributed by atoms with Gasteiger partial charge < -0.3 is 10.6 Å². The Hall–Kier alpha value is -0.900. The summed E-state index contributed by atoms with van der Waals surface area (Å²) in [5.74, 6) is 0. The summed E-state index contributed by atoms with van der Waals surface area (Å²) in [6.07, 6.45) is 1.04. The third kappa shape index (κ3) is 4.53. The monoisotopic (exact) mass is 289 g/mol. The third-order valence-corrected chi connectivity index (χ3v) is 4.68. The molecule has 2 N–H and O–H groups in total. The average Bonchev–Trinajstić information content (AvgIpc) is 2.43. The van der Waals surface area contributed by atoms with Gasteiger partial charge in [0.15, 0.2) is 0 Å². The van der Waals surface area contributed by atoms with Crippen molar-refractivity contribution in [3.05, 3.63) is 34.9 Å². The van der Waals surface area contributed by atoms with Crippen molar-refractivity contribution in [2.24, 2.45) is 5.73 Å². The molecule has 1 heterocycles. The molecule has 1 aliphatic rings. The number of aryl methyl sites for hydroxylation is 2. The van der Waals surface area contributed by atoms with Crippen LogP contribution in [-0.4, -0.2) is 48.6 Å². The Morgan fingerprint density at radius 2 is 1.86 bits per heavy atom. The van der Waals surface area contributed by atoms with Crippen molar-refractivity contribution < 1.29 is 0 Å². The number of hydrogen-bond acceptors (Lipinski definition) is 3. The Morgan fingerprint density at radius 1 is 1.19 bits per heavy atom. The van der Waals surface area contributed by atoms with E-state index in [1.807, 2.05) is 0 Å². The number of rotatable bonds is 5. The SMILES string of the molecule is CCN1CCN(CCC(N)c2cc(C)cc(C)c2)CC1C. The van der Waals surface area contributed by atoms with Gasteiger partial charge in [-0.15, -0.1) is 0 Å². The Labute approximate surface area is 130 Å². The fraction of sp³-hybridized carbons (Fsp3) is 0.667. The first kappa shape index (κ1) is 16.5. The zero-order valence-electron chi connectivity index (χ0n) is 14.1. The summed E-state index contributed by atoms with van der Waals surface area (Å²) < 4.78 is 0. The van der Waals surface area contributed by atoms with Crippen LogP contribution < -0.4 is 5.73 Å². The maximum Gasteiger partial charge on any atom is 0.0307 e. The van der Waals surface area contributed by atoms with Gasteiger partial charge in [-0.3, -0.25) is 4.90 Å². The molecule has 21 heavy (non-hydrogen) atoms. The Bertz CT molecular complexity index is 438. The lowest BCUT2D eigenvalue weighted by atomic mass is 9.99. The number of nitrogens with zero attached hydrogens (tertiary/aromatic N) is 2. The standard InChI is InChI=1S/C18H31N3/c1-5-21-9-8-20(13-16(21)4)7-6-18(19)17-11-14(2)10-15(3)12-17/h10-12,16,18H,5-9,13,19H2,1-4H3. The molecule has 118 valence electrons. The predicted octanol–water partition coefficient (Wildman–Crippen LogP) is 2.72. The number of benzene rings is 1. The lowest BCUT2D eigenvalue weighted by molar-refractivity contribution is 0.0861. The average molecular weight is 289 g/mol. The van der Waals surface area contributed by atoms with Crippen LogP contribution in [0, 0.1) is 13.8 Å². The van der Waals surface area contributed by atoms with Crippen molar-refractivity contribution in [2.45, 2.75) is 46.2 Å². The first-order chi connectivity index (χ1) is 9.99. The summed E-state index contributed by atoms with van der Waals surface area (Å²) in [4.78, 5) is 5.12. The highest BCUT2D eigenvalue weighted by molar-refractivity contribution is 5.30. The van der Waals surface area contributed by atoms with Gasteiger partial charge >= 0.3 is 0 Å². The smallest absolute Gasteiger partial charge is 0.0307 e. The van der Waals surface area contributed by atoms with Crippen molar-refractivity contribution >= 4 is 0 Å². The van der Waals surface area contributed by atoms with Gasteiger partial charge in [0, 0.05) is 38.3 Å². The van der Waals surface area contributed by atoms with Crippen LogP contribution in [0.25, 0.3) is 0 Å². The molecule has 1 saturated heterocycles. The molecule has 0 amide bonds. The minimum atomic E-state index is 0.156. The van der Waals surface area contributed by atoms with E-state index in [4.69, 9.17) is 5.73 Å². The van der Waals surface area contributed by atoms with Crippen LogP contribution in [0.4, 0.5) is 0 Å². The topological polar surface area (TPSA) is 32.5 Å². The van der Waals surface area contributed by atoms with Crippen molar-refractivity contribution in [3.8, 4) is 0 Å². The number of piperazine rings is 1. The van der Waals surface area contributed by atoms with Crippen LogP contribution in [0.15, 0.2) is 18.2 Å². The van der Waals surface area contributed by atoms with Gasteiger partial charge in [0.05, 0.1) is 0 Å². The normalized spacial score (nSPS) is 22.4. The highest BCUT2D eigenvalue weighted by Crippen LogP contribution is 2.19. The molecule has 1 aromatic carbocycles. The van der Waals surface area contributed by atoms with Gasteiger partial charge in [0.1, 0.15) is 0 Å². The first-order valence-electron chi connectivity index (χ1n) is 8.29. The summed E-state index contributed by atoms with van der Waals surface area (Å²) in [6, 6.07) is 7.50. The Balaban J connectivity index is 1.85. The molecular weight excluding hydrogens is 258 g/mol. The van der Waals surface area contributed by atoms with E-state index in [1.165, 1.54) is 36.3 Å². The molecule has 2 unspecified atom stereocenters. The highest BCUT2D eigenvalue weighted by atomic mass is 15.3. The first-order valence-corrected chi connectivity index (χ1v) is 8.29. The summed E-state index contributed by atoms with van der Waals surface area (Å²) in [5, 5.41) is 0. The zero-order chi connectivity index (χ0) is 15.4. The van der Waals surface area contributed by atoms with Crippen molar-refractivity contribution in [1.82, 2.24) is 9.80 Å². The lowest BCUT2D eigenvalue weighted by Gasteiger charge is -2.39. The third-order valence-electron chi connectivity index (χ3n) is 4.68. The largest absolute Gasteiger partial charge is 0.324 e. The summed E-state index contributed by atoms with van der Waals surface area (Å²) in [7, 11) is 0. The molecule has 0 bridgehead atoms. The lowest BCUT2D eigenvalue weighted by Crippen LogP contribution is -2.51. The molecule has 0 aromatic heterocycles. The van der Waals surface area contributed by atoms with Gasteiger partial charge in [-0.1, -0.05) is 36.2 Å². The van der Waals surface area contributed by atoms with Crippen molar-refractivity contribution in [1.29, 1.82) is 0 Å². The maximum atomic E-state index is 6.40. The molecule has 1 aliphatic heterocycles. The molecule has 2 atom stereocenters. The second-order valence-corrected chi connectivity index (χ2v) is 6.59. The quantitative estimate of drug-likeness (QED) is 0.904. The molecule has 3 heteroatoms. The molecule has 3 nitrogen and oxygen atoms in total. The number of nitrogens with two attached hydrogens (primary N) is 1. The Morgan fingerprint density at radius 3 is 2.43 bits per heavy atom. The molecular formula is C18H31N3. The summed E-state index contributed by atoms with van der Waals surface area (Å²) >= 11 is 0. The number of likely N-dealkylation sites (N-methyl/N-ethyl adjacent to an activating group) is 1. The molecule has 0 spiro atoms. The summed E-state index contributed by atoms with van der Waals surface area (Å²) in [6.45, 7) is 14.7. The van der Waals surface area contributed by atoms with Crippen LogP contribution in [0.2, 0.25) is 0 Å². The molecule has 2 rings (SSSR count). The van der Waals surface area contributed by atoms with E-state index in [0.29, 0.717) is 6.04 Å². The van der Waals surface area contributed by atoms with E-state index in [0.717, 1.165) is 19.5 Å². The van der Waals surface area contributed by atoms with Crippen LogP contribution in [-0.2, 0) is 0 Å². The van der Waals surface area contributed by atoms with E-state index < -0.39 is 0 Å². The summed E-state index contributed by atoms with van der Waals surface area (Å²) in [5.41, 5.74) is 10.3. The van der Waals surface area contributed by atoms with E-state index in [2.05, 4.69) is 55.7 Å². The van der Waals surface area contributed by atoms with Crippen LogP contribution >= 0.6 is 0 Å². The van der Waals surface area contributed by atoms with Gasteiger partial charge in [-0.2, -0.15) is 0 Å². The number of hydrogen-bond donors (Lipinski definition) is 1. The van der Waals surface area contributed by atoms with Gasteiger partial charge in [0.2, 0.25) is 0 Å². The minimum Gasteiger partial charge on any atom is -0.324 e. The Kier molecular flexibility index (Phi) is 5.80. The minimum absolute atomic E-state index is 0.156. The van der Waals surface area contributed by atoms with Crippen LogP contribution in [0.3, 0.4) is 0 Å². The zero-order valence-corrected chi connectivity index (χ0v) is 14.1. The van der Waals surface area contributed by atoms with Gasteiger partial charge in [-0.05, 0) is 39.3 Å². The maximum absolute atomic E-state index is 6.40.